The Balaban J connectivity index is 1.92. The average molecular weight is 352 g/mol. The van der Waals surface area contributed by atoms with Crippen LogP contribution < -0.4 is 0 Å². The molecule has 0 aromatic heterocycles. The molecule has 2 unspecified atom stereocenters. The molecule has 0 aromatic carbocycles. The van der Waals surface area contributed by atoms with Crippen molar-refractivity contribution in [3.63, 3.8) is 0 Å². The van der Waals surface area contributed by atoms with Crippen molar-refractivity contribution in [1.29, 1.82) is 0 Å². The molecule has 1 saturated carbocycles. The van der Waals surface area contributed by atoms with E-state index in [1.807, 2.05) is 0 Å². The van der Waals surface area contributed by atoms with Gasteiger partial charge in [-0.3, -0.25) is 9.59 Å². The summed E-state index contributed by atoms with van der Waals surface area (Å²) in [5.74, 6) is -2.62. The lowest BCUT2D eigenvalue weighted by atomic mass is 9.72. The quantitative estimate of drug-likeness (QED) is 0.335. The number of cyclic esters (lactones) is 1. The molecule has 2 aliphatic rings. The van der Waals surface area contributed by atoms with E-state index >= 15 is 0 Å². The smallest absolute Gasteiger partial charge is 0.333 e. The van der Waals surface area contributed by atoms with Gasteiger partial charge < -0.3 is 14.2 Å². The van der Waals surface area contributed by atoms with Crippen LogP contribution in [0.15, 0.2) is 12.2 Å². The molecule has 0 N–H and O–H groups in total. The van der Waals surface area contributed by atoms with Gasteiger partial charge in [0.15, 0.2) is 12.0 Å². The normalized spacial score (nSPS) is 29.7. The minimum absolute atomic E-state index is 0.131. The summed E-state index contributed by atoms with van der Waals surface area (Å²) in [5.41, 5.74) is 0.443. The zero-order valence-corrected chi connectivity index (χ0v) is 15.5. The van der Waals surface area contributed by atoms with Crippen LogP contribution in [0.25, 0.3) is 0 Å². The second kappa shape index (κ2) is 7.58. The minimum atomic E-state index is -1.20. The fourth-order valence-corrected chi connectivity index (χ4v) is 3.37. The van der Waals surface area contributed by atoms with E-state index in [1.165, 1.54) is 6.92 Å². The Kier molecular flexibility index (Phi) is 5.91. The highest BCUT2D eigenvalue weighted by molar-refractivity contribution is 5.98. The Morgan fingerprint density at radius 3 is 2.24 bits per heavy atom. The number of carbonyl (C=O) groups excluding carboxylic acids is 3. The number of hydrogen-bond donors (Lipinski definition) is 0. The van der Waals surface area contributed by atoms with Crippen molar-refractivity contribution in [2.24, 2.45) is 17.3 Å². The summed E-state index contributed by atoms with van der Waals surface area (Å²) in [7, 11) is 0. The molecule has 2 rings (SSSR count). The maximum Gasteiger partial charge on any atom is 0.333 e. The van der Waals surface area contributed by atoms with Crippen molar-refractivity contribution in [1.82, 2.24) is 0 Å². The molecule has 6 heteroatoms. The molecule has 1 aliphatic carbocycles. The van der Waals surface area contributed by atoms with E-state index < -0.39 is 29.9 Å². The predicted octanol–water partition coefficient (Wildman–Crippen LogP) is 2.80. The van der Waals surface area contributed by atoms with Crippen LogP contribution in [0.5, 0.6) is 0 Å². The monoisotopic (exact) mass is 352 g/mol. The Morgan fingerprint density at radius 1 is 1.12 bits per heavy atom. The van der Waals surface area contributed by atoms with E-state index in [9.17, 15) is 14.4 Å². The molecule has 0 radical (unpaired) electrons. The van der Waals surface area contributed by atoms with E-state index in [4.69, 9.17) is 14.2 Å². The number of rotatable bonds is 4. The van der Waals surface area contributed by atoms with Crippen molar-refractivity contribution >= 4 is 17.9 Å². The molecule has 25 heavy (non-hydrogen) atoms. The molecular formula is C19H28O6. The molecule has 0 aromatic rings. The summed E-state index contributed by atoms with van der Waals surface area (Å²) in [6, 6.07) is 0. The number of hydrogen-bond acceptors (Lipinski definition) is 6. The summed E-state index contributed by atoms with van der Waals surface area (Å²) >= 11 is 0. The van der Waals surface area contributed by atoms with Gasteiger partial charge in [0.2, 0.25) is 0 Å². The molecule has 1 saturated heterocycles. The molecule has 6 nitrogen and oxygen atoms in total. The first-order valence-corrected chi connectivity index (χ1v) is 8.83. The molecule has 1 aliphatic heterocycles. The average Bonchev–Trinajstić information content (AvgIpc) is 2.87. The molecule has 0 amide bonds. The Labute approximate surface area is 148 Å². The van der Waals surface area contributed by atoms with Gasteiger partial charge in [-0.15, -0.1) is 0 Å². The van der Waals surface area contributed by atoms with E-state index in [0.717, 1.165) is 25.7 Å². The summed E-state index contributed by atoms with van der Waals surface area (Å²) in [6.07, 6.45) is 2.40. The third-order valence-electron chi connectivity index (χ3n) is 5.06. The first kappa shape index (κ1) is 19.5. The Hall–Kier alpha value is -1.85. The van der Waals surface area contributed by atoms with E-state index in [2.05, 4.69) is 27.4 Å². The van der Waals surface area contributed by atoms with Crippen LogP contribution >= 0.6 is 0 Å². The first-order chi connectivity index (χ1) is 11.6. The van der Waals surface area contributed by atoms with E-state index in [0.29, 0.717) is 5.92 Å². The third kappa shape index (κ3) is 4.83. The van der Waals surface area contributed by atoms with Crippen LogP contribution in [0.1, 0.15) is 53.4 Å². The fraction of sp³-hybridized carbons (Fsp3) is 0.737. The van der Waals surface area contributed by atoms with Gasteiger partial charge in [0.25, 0.3) is 0 Å². The number of carbonyl (C=O) groups is 3. The minimum Gasteiger partial charge on any atom is -0.462 e. The highest BCUT2D eigenvalue weighted by atomic mass is 16.6. The molecule has 2 atom stereocenters. The van der Waals surface area contributed by atoms with Crippen LogP contribution in [0.4, 0.5) is 0 Å². The summed E-state index contributed by atoms with van der Waals surface area (Å²) in [6.45, 7) is 11.5. The van der Waals surface area contributed by atoms with Gasteiger partial charge in [-0.05, 0) is 43.9 Å². The second-order valence-corrected chi connectivity index (χ2v) is 8.11. The largest absolute Gasteiger partial charge is 0.462 e. The number of ether oxygens (including phenoxy) is 3. The maximum atomic E-state index is 12.4. The topological polar surface area (TPSA) is 78.9 Å². The van der Waals surface area contributed by atoms with Gasteiger partial charge in [0.1, 0.15) is 12.7 Å². The van der Waals surface area contributed by atoms with Crippen LogP contribution in [-0.2, 0) is 28.6 Å². The maximum absolute atomic E-state index is 12.4. The SMILES string of the molecule is C=C(C)C(=O)OC1COC(=O)C1C(=O)OC1CCC(C(C)(C)C)CC1. The fourth-order valence-electron chi connectivity index (χ4n) is 3.37. The second-order valence-electron chi connectivity index (χ2n) is 8.11. The third-order valence-corrected chi connectivity index (χ3v) is 5.06. The van der Waals surface area contributed by atoms with Gasteiger partial charge in [0.05, 0.1) is 0 Å². The van der Waals surface area contributed by atoms with E-state index in [-0.39, 0.29) is 23.7 Å². The molecule has 140 valence electrons. The van der Waals surface area contributed by atoms with Crippen molar-refractivity contribution in [2.45, 2.75) is 65.6 Å². The zero-order valence-electron chi connectivity index (χ0n) is 15.5. The standard InChI is InChI=1S/C19H28O6/c1-11(2)16(20)25-14-10-23-17(21)15(14)18(22)24-13-8-6-12(7-9-13)19(3,4)5/h12-15H,1,6-10H2,2-5H3. The molecular weight excluding hydrogens is 324 g/mol. The molecule has 2 fully saturated rings. The van der Waals surface area contributed by atoms with Gasteiger partial charge >= 0.3 is 17.9 Å². The lowest BCUT2D eigenvalue weighted by molar-refractivity contribution is -0.165. The zero-order chi connectivity index (χ0) is 18.8. The van der Waals surface area contributed by atoms with E-state index in [1.54, 1.807) is 0 Å². The van der Waals surface area contributed by atoms with Gasteiger partial charge in [-0.25, -0.2) is 4.79 Å². The summed E-state index contributed by atoms with van der Waals surface area (Å²) < 4.78 is 15.6. The molecule has 1 heterocycles. The van der Waals surface area contributed by atoms with Crippen LogP contribution in [-0.4, -0.2) is 36.7 Å². The highest BCUT2D eigenvalue weighted by Crippen LogP contribution is 2.38. The van der Waals surface area contributed by atoms with Crippen molar-refractivity contribution in [2.75, 3.05) is 6.61 Å². The van der Waals surface area contributed by atoms with Gasteiger partial charge in [-0.1, -0.05) is 27.4 Å². The van der Waals surface area contributed by atoms with Crippen molar-refractivity contribution < 1.29 is 28.6 Å². The molecule has 0 bridgehead atoms. The highest BCUT2D eigenvalue weighted by Gasteiger charge is 2.47. The van der Waals surface area contributed by atoms with Crippen LogP contribution in [0.2, 0.25) is 0 Å². The van der Waals surface area contributed by atoms with Gasteiger partial charge in [-0.2, -0.15) is 0 Å². The lowest BCUT2D eigenvalue weighted by Gasteiger charge is -2.36. The van der Waals surface area contributed by atoms with Crippen molar-refractivity contribution in [3.8, 4) is 0 Å². The van der Waals surface area contributed by atoms with Crippen molar-refractivity contribution in [3.05, 3.63) is 12.2 Å². The summed E-state index contributed by atoms with van der Waals surface area (Å²) in [5, 5.41) is 0. The summed E-state index contributed by atoms with van der Waals surface area (Å²) in [4.78, 5) is 35.9. The number of esters is 3. The Morgan fingerprint density at radius 2 is 1.72 bits per heavy atom. The lowest BCUT2D eigenvalue weighted by Crippen LogP contribution is -2.38. The van der Waals surface area contributed by atoms with Crippen LogP contribution in [0, 0.1) is 17.3 Å². The van der Waals surface area contributed by atoms with Crippen LogP contribution in [0.3, 0.4) is 0 Å². The molecule has 0 spiro atoms. The van der Waals surface area contributed by atoms with Gasteiger partial charge in [0, 0.05) is 5.57 Å². The predicted molar refractivity (Wildman–Crippen MR) is 90.4 cm³/mol. The first-order valence-electron chi connectivity index (χ1n) is 8.83. The Bertz CT molecular complexity index is 551.